The molecule has 0 spiro atoms. The van der Waals surface area contributed by atoms with Gasteiger partial charge in [-0.3, -0.25) is 9.20 Å². The van der Waals surface area contributed by atoms with Gasteiger partial charge in [0.25, 0.3) is 0 Å². The molecule has 1 amide bonds. The lowest BCUT2D eigenvalue weighted by molar-refractivity contribution is -0.140. The summed E-state index contributed by atoms with van der Waals surface area (Å²) in [6, 6.07) is 3.37. The fourth-order valence-electron chi connectivity index (χ4n) is 3.38. The third kappa shape index (κ3) is 5.85. The van der Waals surface area contributed by atoms with Crippen LogP contribution in [0.4, 0.5) is 17.6 Å². The largest absolute Gasteiger partial charge is 0.419 e. The van der Waals surface area contributed by atoms with Crippen LogP contribution in [0.3, 0.4) is 0 Å². The Morgan fingerprint density at radius 1 is 1.29 bits per heavy atom. The maximum Gasteiger partial charge on any atom is 0.419 e. The number of fused-ring (bicyclic) bond motifs is 1. The number of halogens is 5. The Hall–Kier alpha value is -2.29. The predicted octanol–water partition coefficient (Wildman–Crippen LogP) is 4.06. The SMILES string of the molecule is CCS(=O)(=O)CCN(C(=O)Cc1ccc(F)c(C(F)(F)F)c1)[C@H](C)c1nc2ncccn2c1I. The van der Waals surface area contributed by atoms with Crippen LogP contribution in [0, 0.1) is 9.52 Å². The molecule has 2 heterocycles. The summed E-state index contributed by atoms with van der Waals surface area (Å²) in [6.07, 6.45) is -2.10. The zero-order chi connectivity index (χ0) is 25.3. The number of nitrogens with zero attached hydrogens (tertiary/aromatic N) is 4. The summed E-state index contributed by atoms with van der Waals surface area (Å²) >= 11 is 2.04. The van der Waals surface area contributed by atoms with Crippen molar-refractivity contribution >= 4 is 44.1 Å². The van der Waals surface area contributed by atoms with Crippen molar-refractivity contribution in [2.75, 3.05) is 18.1 Å². The fraction of sp³-hybridized carbons (Fsp3) is 0.381. The maximum atomic E-state index is 13.6. The molecule has 2 aromatic heterocycles. The number of benzene rings is 1. The molecule has 0 fully saturated rings. The molecular weight excluding hydrogens is 591 g/mol. The van der Waals surface area contributed by atoms with E-state index in [-0.39, 0.29) is 23.6 Å². The molecule has 0 unspecified atom stereocenters. The van der Waals surface area contributed by atoms with E-state index >= 15 is 0 Å². The molecule has 34 heavy (non-hydrogen) atoms. The zero-order valence-corrected chi connectivity index (χ0v) is 21.2. The van der Waals surface area contributed by atoms with Crippen LogP contribution in [0.5, 0.6) is 0 Å². The molecule has 0 saturated carbocycles. The second kappa shape index (κ2) is 10.1. The summed E-state index contributed by atoms with van der Waals surface area (Å²) in [4.78, 5) is 23.1. The molecule has 13 heteroatoms. The van der Waals surface area contributed by atoms with E-state index in [9.17, 15) is 30.8 Å². The maximum absolute atomic E-state index is 13.6. The number of carbonyl (C=O) groups is 1. The topological polar surface area (TPSA) is 84.6 Å². The van der Waals surface area contributed by atoms with Crippen LogP contribution in [-0.4, -0.2) is 51.6 Å². The van der Waals surface area contributed by atoms with Gasteiger partial charge in [-0.15, -0.1) is 0 Å². The summed E-state index contributed by atoms with van der Waals surface area (Å²) in [5.74, 6) is -2.10. The van der Waals surface area contributed by atoms with Crippen LogP contribution in [0.2, 0.25) is 0 Å². The normalized spacial score (nSPS) is 13.3. The first-order valence-corrected chi connectivity index (χ1v) is 13.1. The van der Waals surface area contributed by atoms with E-state index in [0.29, 0.717) is 27.3 Å². The number of sulfone groups is 1. The van der Waals surface area contributed by atoms with Crippen LogP contribution in [-0.2, 0) is 27.2 Å². The number of aromatic nitrogens is 3. The van der Waals surface area contributed by atoms with E-state index < -0.39 is 45.8 Å². The van der Waals surface area contributed by atoms with E-state index in [2.05, 4.69) is 9.97 Å². The molecule has 0 N–H and O–H groups in total. The van der Waals surface area contributed by atoms with Gasteiger partial charge in [0.05, 0.1) is 29.5 Å². The summed E-state index contributed by atoms with van der Waals surface area (Å²) < 4.78 is 79.5. The zero-order valence-electron chi connectivity index (χ0n) is 18.2. The van der Waals surface area contributed by atoms with E-state index in [1.54, 1.807) is 29.8 Å². The minimum Gasteiger partial charge on any atom is -0.333 e. The van der Waals surface area contributed by atoms with Gasteiger partial charge in [0.2, 0.25) is 11.7 Å². The Bertz CT molecular complexity index is 1310. The molecule has 3 rings (SSSR count). The molecule has 0 aliphatic rings. The molecule has 0 aliphatic heterocycles. The van der Waals surface area contributed by atoms with Gasteiger partial charge < -0.3 is 4.90 Å². The van der Waals surface area contributed by atoms with Gasteiger partial charge in [-0.05, 0) is 53.3 Å². The molecule has 0 saturated heterocycles. The number of carbonyl (C=O) groups excluding carboxylic acids is 1. The number of amides is 1. The van der Waals surface area contributed by atoms with E-state index in [0.717, 1.165) is 6.07 Å². The molecule has 3 aromatic rings. The van der Waals surface area contributed by atoms with Gasteiger partial charge >= 0.3 is 6.18 Å². The molecule has 0 radical (unpaired) electrons. The van der Waals surface area contributed by atoms with Crippen LogP contribution in [0.25, 0.3) is 5.78 Å². The Morgan fingerprint density at radius 3 is 2.62 bits per heavy atom. The van der Waals surface area contributed by atoms with Gasteiger partial charge in [-0.1, -0.05) is 13.0 Å². The van der Waals surface area contributed by atoms with Crippen LogP contribution < -0.4 is 0 Å². The summed E-state index contributed by atoms with van der Waals surface area (Å²) in [5, 5.41) is 0. The van der Waals surface area contributed by atoms with Crippen molar-refractivity contribution in [2.45, 2.75) is 32.5 Å². The highest BCUT2D eigenvalue weighted by atomic mass is 127. The Labute approximate surface area is 207 Å². The minimum absolute atomic E-state index is 0.0411. The second-order valence-corrected chi connectivity index (χ2v) is 11.1. The number of alkyl halides is 3. The van der Waals surface area contributed by atoms with Crippen molar-refractivity contribution < 1.29 is 30.8 Å². The Morgan fingerprint density at radius 2 is 2.00 bits per heavy atom. The molecular formula is C21H21F4IN4O3S. The van der Waals surface area contributed by atoms with Gasteiger partial charge in [-0.2, -0.15) is 13.2 Å². The lowest BCUT2D eigenvalue weighted by Gasteiger charge is -2.29. The van der Waals surface area contributed by atoms with Crippen molar-refractivity contribution in [3.8, 4) is 0 Å². The van der Waals surface area contributed by atoms with Crippen molar-refractivity contribution in [3.05, 3.63) is 63.0 Å². The standard InChI is InChI=1S/C21H21F4IN4O3S/c1-3-34(32,33)10-9-29(13(2)18-19(26)30-8-4-7-27-20(30)28-18)17(31)12-14-5-6-16(22)15(11-14)21(23,24)25/h4-8,11,13H,3,9-10,12H2,1-2H3/t13-/m1/s1. The van der Waals surface area contributed by atoms with Crippen LogP contribution in [0.1, 0.15) is 36.7 Å². The van der Waals surface area contributed by atoms with Gasteiger partial charge in [0, 0.05) is 24.7 Å². The first-order chi connectivity index (χ1) is 15.8. The van der Waals surface area contributed by atoms with Crippen molar-refractivity contribution in [3.63, 3.8) is 0 Å². The third-order valence-corrected chi connectivity index (χ3v) is 8.08. The van der Waals surface area contributed by atoms with E-state index in [1.165, 1.54) is 11.8 Å². The number of hydrogen-bond acceptors (Lipinski definition) is 5. The number of hydrogen-bond donors (Lipinski definition) is 0. The highest BCUT2D eigenvalue weighted by Crippen LogP contribution is 2.32. The monoisotopic (exact) mass is 612 g/mol. The summed E-state index contributed by atoms with van der Waals surface area (Å²) in [6.45, 7) is 2.96. The van der Waals surface area contributed by atoms with Gasteiger partial charge in [-0.25, -0.2) is 22.8 Å². The molecule has 7 nitrogen and oxygen atoms in total. The smallest absolute Gasteiger partial charge is 0.333 e. The van der Waals surface area contributed by atoms with Crippen LogP contribution in [0.15, 0.2) is 36.7 Å². The van der Waals surface area contributed by atoms with Crippen molar-refractivity contribution in [1.29, 1.82) is 0 Å². The summed E-state index contributed by atoms with van der Waals surface area (Å²) in [7, 11) is -3.44. The molecule has 0 bridgehead atoms. The highest BCUT2D eigenvalue weighted by Gasteiger charge is 2.35. The lowest BCUT2D eigenvalue weighted by atomic mass is 10.1. The lowest BCUT2D eigenvalue weighted by Crippen LogP contribution is -2.39. The van der Waals surface area contributed by atoms with Gasteiger partial charge in [0.15, 0.2) is 9.84 Å². The fourth-order valence-corrected chi connectivity index (χ4v) is 5.09. The average Bonchev–Trinajstić information content (AvgIpc) is 3.11. The molecule has 184 valence electrons. The highest BCUT2D eigenvalue weighted by molar-refractivity contribution is 14.1. The molecule has 1 aromatic carbocycles. The van der Waals surface area contributed by atoms with E-state index in [4.69, 9.17) is 0 Å². The van der Waals surface area contributed by atoms with Crippen LogP contribution >= 0.6 is 22.6 Å². The molecule has 0 aliphatic carbocycles. The van der Waals surface area contributed by atoms with Crippen molar-refractivity contribution in [1.82, 2.24) is 19.3 Å². The quantitative estimate of drug-likeness (QED) is 0.283. The minimum atomic E-state index is -4.91. The van der Waals surface area contributed by atoms with Crippen molar-refractivity contribution in [2.24, 2.45) is 0 Å². The Kier molecular flexibility index (Phi) is 7.85. The molecule has 1 atom stereocenters. The second-order valence-electron chi connectivity index (χ2n) is 7.57. The first-order valence-electron chi connectivity index (χ1n) is 10.2. The predicted molar refractivity (Wildman–Crippen MR) is 125 cm³/mol. The third-order valence-electron chi connectivity index (χ3n) is 5.33. The first kappa shape index (κ1) is 26.3. The average molecular weight is 612 g/mol. The van der Waals surface area contributed by atoms with E-state index in [1.807, 2.05) is 22.6 Å². The number of imidazole rings is 1. The van der Waals surface area contributed by atoms with Gasteiger partial charge in [0.1, 0.15) is 9.52 Å². The Balaban J connectivity index is 1.95. The summed E-state index contributed by atoms with van der Waals surface area (Å²) in [5.41, 5.74) is -1.04. The number of rotatable bonds is 8.